The number of benzene rings is 1. The Hall–Kier alpha value is -1.97. The first-order chi connectivity index (χ1) is 15.6. The third kappa shape index (κ3) is 10.1. The molecule has 0 spiro atoms. The van der Waals surface area contributed by atoms with Gasteiger partial charge in [-0.2, -0.15) is 0 Å². The molecule has 0 aliphatic rings. The molecule has 4 heteroatoms. The van der Waals surface area contributed by atoms with Crippen LogP contribution in [0.15, 0.2) is 27.4 Å². The molecule has 1 aromatic carbocycles. The van der Waals surface area contributed by atoms with Crippen molar-refractivity contribution in [2.75, 3.05) is 0 Å². The van der Waals surface area contributed by atoms with Gasteiger partial charge in [-0.05, 0) is 6.42 Å². The second kappa shape index (κ2) is 15.8. The summed E-state index contributed by atoms with van der Waals surface area (Å²) in [5, 5.41) is 19.6. The topological polar surface area (TPSA) is 70.7 Å². The zero-order valence-electron chi connectivity index (χ0n) is 20.2. The lowest BCUT2D eigenvalue weighted by molar-refractivity contribution is 0.449. The van der Waals surface area contributed by atoms with Crippen LogP contribution in [0.25, 0.3) is 11.0 Å². The predicted molar refractivity (Wildman–Crippen MR) is 134 cm³/mol. The molecule has 0 saturated heterocycles. The fourth-order valence-corrected chi connectivity index (χ4v) is 4.45. The quantitative estimate of drug-likeness (QED) is 0.226. The number of phenolic OH excluding ortho intramolecular Hbond substituents is 2. The molecule has 0 saturated carbocycles. The average molecular weight is 445 g/mol. The van der Waals surface area contributed by atoms with Gasteiger partial charge in [0.05, 0.1) is 0 Å². The van der Waals surface area contributed by atoms with Gasteiger partial charge in [-0.1, -0.05) is 110 Å². The van der Waals surface area contributed by atoms with E-state index in [4.69, 9.17) is 4.42 Å². The molecule has 0 radical (unpaired) electrons. The number of rotatable bonds is 18. The Balaban J connectivity index is 1.45. The summed E-state index contributed by atoms with van der Waals surface area (Å²) in [5.41, 5.74) is -0.0114. The van der Waals surface area contributed by atoms with Gasteiger partial charge in [0.1, 0.15) is 28.2 Å². The highest BCUT2D eigenvalue weighted by Gasteiger charge is 2.10. The minimum Gasteiger partial charge on any atom is -0.508 e. The van der Waals surface area contributed by atoms with E-state index in [1.165, 1.54) is 108 Å². The summed E-state index contributed by atoms with van der Waals surface area (Å²) in [4.78, 5) is 12.2. The summed E-state index contributed by atoms with van der Waals surface area (Å²) >= 11 is 0. The molecule has 0 fully saturated rings. The number of fused-ring (bicyclic) bond motifs is 1. The van der Waals surface area contributed by atoms with E-state index in [1.807, 2.05) is 0 Å². The Morgan fingerprint density at radius 1 is 0.656 bits per heavy atom. The Morgan fingerprint density at radius 2 is 1.12 bits per heavy atom. The summed E-state index contributed by atoms with van der Waals surface area (Å²) in [6, 6.07) is 4.01. The zero-order chi connectivity index (χ0) is 23.0. The summed E-state index contributed by atoms with van der Waals surface area (Å²) in [6.45, 7) is 2.28. The first kappa shape index (κ1) is 26.3. The van der Waals surface area contributed by atoms with E-state index in [1.54, 1.807) is 0 Å². The first-order valence-corrected chi connectivity index (χ1v) is 13.1. The largest absolute Gasteiger partial charge is 0.508 e. The monoisotopic (exact) mass is 444 g/mol. The highest BCUT2D eigenvalue weighted by Crippen LogP contribution is 2.28. The lowest BCUT2D eigenvalue weighted by atomic mass is 10.0. The molecular weight excluding hydrogens is 400 g/mol. The fraction of sp³-hybridized carbons (Fsp3) is 0.679. The van der Waals surface area contributed by atoms with Crippen molar-refractivity contribution in [3.63, 3.8) is 0 Å². The second-order valence-corrected chi connectivity index (χ2v) is 9.32. The minimum atomic E-state index is -0.259. The van der Waals surface area contributed by atoms with Crippen molar-refractivity contribution in [1.29, 1.82) is 0 Å². The molecule has 2 rings (SSSR count). The fourth-order valence-electron chi connectivity index (χ4n) is 4.45. The standard InChI is InChI=1S/C28H44O4/c1-2-3-4-5-6-7-8-9-10-11-12-13-14-15-16-17-18-19-24-22-26(31)28-25(30)20-23(29)21-27(28)32-24/h20-22,29-30H,2-19H2,1H3. The van der Waals surface area contributed by atoms with Crippen LogP contribution in [0.3, 0.4) is 0 Å². The molecule has 0 aliphatic heterocycles. The first-order valence-electron chi connectivity index (χ1n) is 13.1. The highest BCUT2D eigenvalue weighted by atomic mass is 16.3. The molecule has 2 N–H and O–H groups in total. The Bertz CT molecular complexity index is 824. The molecule has 4 nitrogen and oxygen atoms in total. The van der Waals surface area contributed by atoms with Crippen LogP contribution in [0, 0.1) is 0 Å². The third-order valence-electron chi connectivity index (χ3n) is 6.37. The third-order valence-corrected chi connectivity index (χ3v) is 6.37. The summed E-state index contributed by atoms with van der Waals surface area (Å²) in [6.07, 6.45) is 23.5. The van der Waals surface area contributed by atoms with Crippen molar-refractivity contribution in [2.45, 2.75) is 122 Å². The Labute approximate surface area is 194 Å². The van der Waals surface area contributed by atoms with Gasteiger partial charge in [-0.25, -0.2) is 0 Å². The van der Waals surface area contributed by atoms with Crippen LogP contribution in [-0.2, 0) is 6.42 Å². The smallest absolute Gasteiger partial charge is 0.196 e. The highest BCUT2D eigenvalue weighted by molar-refractivity contribution is 5.84. The van der Waals surface area contributed by atoms with Crippen molar-refractivity contribution in [3.8, 4) is 11.5 Å². The van der Waals surface area contributed by atoms with E-state index in [9.17, 15) is 15.0 Å². The van der Waals surface area contributed by atoms with Crippen LogP contribution in [-0.4, -0.2) is 10.2 Å². The number of unbranched alkanes of at least 4 members (excludes halogenated alkanes) is 16. The normalized spacial score (nSPS) is 11.4. The number of phenols is 2. The molecule has 2 aromatic rings. The lowest BCUT2D eigenvalue weighted by Crippen LogP contribution is -2.02. The number of aromatic hydroxyl groups is 2. The van der Waals surface area contributed by atoms with Gasteiger partial charge in [-0.3, -0.25) is 4.79 Å². The van der Waals surface area contributed by atoms with Crippen LogP contribution >= 0.6 is 0 Å². The number of aryl methyl sites for hydroxylation is 1. The summed E-state index contributed by atoms with van der Waals surface area (Å²) in [5.74, 6) is 0.277. The van der Waals surface area contributed by atoms with Crippen molar-refractivity contribution in [3.05, 3.63) is 34.2 Å². The van der Waals surface area contributed by atoms with E-state index in [-0.39, 0.29) is 27.9 Å². The van der Waals surface area contributed by atoms with Crippen molar-refractivity contribution >= 4 is 11.0 Å². The molecular formula is C28H44O4. The Kier molecular flexibility index (Phi) is 13.0. The van der Waals surface area contributed by atoms with E-state index in [0.717, 1.165) is 18.9 Å². The zero-order valence-corrected chi connectivity index (χ0v) is 20.2. The van der Waals surface area contributed by atoms with Crippen LogP contribution < -0.4 is 5.43 Å². The van der Waals surface area contributed by atoms with E-state index < -0.39 is 0 Å². The molecule has 1 heterocycles. The van der Waals surface area contributed by atoms with Crippen LogP contribution in [0.2, 0.25) is 0 Å². The SMILES string of the molecule is CCCCCCCCCCCCCCCCCCCc1cc(=O)c2c(O)cc(O)cc2o1. The maximum Gasteiger partial charge on any atom is 0.196 e. The average Bonchev–Trinajstić information content (AvgIpc) is 2.75. The van der Waals surface area contributed by atoms with E-state index in [2.05, 4.69) is 6.92 Å². The lowest BCUT2D eigenvalue weighted by Gasteiger charge is -2.05. The molecule has 1 aromatic heterocycles. The molecule has 0 atom stereocenters. The van der Waals surface area contributed by atoms with Crippen LogP contribution in [0.4, 0.5) is 0 Å². The van der Waals surface area contributed by atoms with Crippen molar-refractivity contribution in [1.82, 2.24) is 0 Å². The summed E-state index contributed by atoms with van der Waals surface area (Å²) in [7, 11) is 0. The van der Waals surface area contributed by atoms with Gasteiger partial charge in [0.2, 0.25) is 0 Å². The van der Waals surface area contributed by atoms with E-state index >= 15 is 0 Å². The molecule has 0 unspecified atom stereocenters. The molecule has 32 heavy (non-hydrogen) atoms. The van der Waals surface area contributed by atoms with Crippen LogP contribution in [0.1, 0.15) is 122 Å². The van der Waals surface area contributed by atoms with Gasteiger partial charge >= 0.3 is 0 Å². The molecule has 180 valence electrons. The van der Waals surface area contributed by atoms with Crippen LogP contribution in [0.5, 0.6) is 11.5 Å². The Morgan fingerprint density at radius 3 is 1.62 bits per heavy atom. The molecule has 0 bridgehead atoms. The number of hydrogen-bond acceptors (Lipinski definition) is 4. The van der Waals surface area contributed by atoms with Gasteiger partial charge in [0.25, 0.3) is 0 Å². The molecule has 0 amide bonds. The number of hydrogen-bond donors (Lipinski definition) is 2. The van der Waals surface area contributed by atoms with Crippen molar-refractivity contribution in [2.24, 2.45) is 0 Å². The van der Waals surface area contributed by atoms with Gasteiger partial charge in [0.15, 0.2) is 5.43 Å². The predicted octanol–water partition coefficient (Wildman–Crippen LogP) is 8.40. The van der Waals surface area contributed by atoms with Gasteiger partial charge in [0, 0.05) is 24.6 Å². The van der Waals surface area contributed by atoms with E-state index in [0.29, 0.717) is 12.2 Å². The summed E-state index contributed by atoms with van der Waals surface area (Å²) < 4.78 is 5.71. The second-order valence-electron chi connectivity index (χ2n) is 9.32. The minimum absolute atomic E-state index is 0.104. The molecule has 0 aliphatic carbocycles. The maximum absolute atomic E-state index is 12.2. The van der Waals surface area contributed by atoms with Gasteiger partial charge in [-0.15, -0.1) is 0 Å². The van der Waals surface area contributed by atoms with Gasteiger partial charge < -0.3 is 14.6 Å². The maximum atomic E-state index is 12.2. The van der Waals surface area contributed by atoms with Crippen molar-refractivity contribution < 1.29 is 14.6 Å².